The standard InChI is InChI=1S/C17H15F2N3O4S/c1-20-17(25)22-13(23)12(10-6-3-2-4-7-10)26-15(24)11-8-5-9-21-14(11)27-16(18)19/h2-9,12,16H,1H3,(H2,20,22,23,25)/t12-/m1/s1. The first-order valence-electron chi connectivity index (χ1n) is 7.60. The minimum absolute atomic E-state index is 0.0890. The lowest BCUT2D eigenvalue weighted by molar-refractivity contribution is -0.129. The molecule has 0 aliphatic carbocycles. The summed E-state index contributed by atoms with van der Waals surface area (Å²) >= 11 is 0.0890. The Balaban J connectivity index is 2.29. The summed E-state index contributed by atoms with van der Waals surface area (Å²) in [6, 6.07) is 9.84. The Hall–Kier alpha value is -3.01. The van der Waals surface area contributed by atoms with Gasteiger partial charge in [-0.25, -0.2) is 14.6 Å². The number of esters is 1. The minimum atomic E-state index is -2.78. The molecule has 0 aliphatic rings. The molecule has 0 bridgehead atoms. The molecule has 0 spiro atoms. The van der Waals surface area contributed by atoms with Crippen LogP contribution in [0.2, 0.25) is 0 Å². The molecule has 2 N–H and O–H groups in total. The van der Waals surface area contributed by atoms with E-state index < -0.39 is 29.8 Å². The molecule has 142 valence electrons. The molecular formula is C17H15F2N3O4S. The molecule has 1 heterocycles. The molecule has 2 aromatic rings. The number of alkyl halides is 2. The molecule has 2 rings (SSSR count). The third-order valence-electron chi connectivity index (χ3n) is 3.22. The van der Waals surface area contributed by atoms with Crippen LogP contribution in [0.15, 0.2) is 53.7 Å². The number of ether oxygens (including phenoxy) is 1. The SMILES string of the molecule is CNC(=O)NC(=O)[C@H](OC(=O)c1cccnc1SC(F)F)c1ccccc1. The van der Waals surface area contributed by atoms with Crippen LogP contribution in [0.5, 0.6) is 0 Å². The zero-order chi connectivity index (χ0) is 19.8. The zero-order valence-electron chi connectivity index (χ0n) is 14.0. The molecule has 1 aromatic carbocycles. The van der Waals surface area contributed by atoms with Crippen molar-refractivity contribution in [3.8, 4) is 0 Å². The Morgan fingerprint density at radius 1 is 1.11 bits per heavy atom. The second-order valence-electron chi connectivity index (χ2n) is 5.00. The van der Waals surface area contributed by atoms with Crippen molar-refractivity contribution in [3.63, 3.8) is 0 Å². The highest BCUT2D eigenvalue weighted by Gasteiger charge is 2.28. The number of hydrogen-bond acceptors (Lipinski definition) is 6. The van der Waals surface area contributed by atoms with E-state index in [2.05, 4.69) is 10.3 Å². The van der Waals surface area contributed by atoms with Crippen molar-refractivity contribution in [2.75, 3.05) is 7.05 Å². The fraction of sp³-hybridized carbons (Fsp3) is 0.176. The molecule has 0 saturated carbocycles. The number of carbonyl (C=O) groups is 3. The highest BCUT2D eigenvalue weighted by atomic mass is 32.2. The summed E-state index contributed by atoms with van der Waals surface area (Å²) in [5.74, 6) is -4.69. The summed E-state index contributed by atoms with van der Waals surface area (Å²) in [7, 11) is 1.32. The monoisotopic (exact) mass is 395 g/mol. The molecule has 0 radical (unpaired) electrons. The summed E-state index contributed by atoms with van der Waals surface area (Å²) in [5, 5.41) is 4.01. The number of hydrogen-bond donors (Lipinski definition) is 2. The largest absolute Gasteiger partial charge is 0.444 e. The van der Waals surface area contributed by atoms with Gasteiger partial charge in [-0.3, -0.25) is 10.1 Å². The van der Waals surface area contributed by atoms with Gasteiger partial charge in [-0.05, 0) is 23.9 Å². The lowest BCUT2D eigenvalue weighted by Crippen LogP contribution is -2.41. The van der Waals surface area contributed by atoms with Gasteiger partial charge in [-0.1, -0.05) is 30.3 Å². The molecule has 7 nitrogen and oxygen atoms in total. The van der Waals surface area contributed by atoms with Gasteiger partial charge >= 0.3 is 12.0 Å². The Morgan fingerprint density at radius 3 is 2.44 bits per heavy atom. The lowest BCUT2D eigenvalue weighted by atomic mass is 10.1. The van der Waals surface area contributed by atoms with Crippen LogP contribution in [0, 0.1) is 0 Å². The molecule has 1 aromatic heterocycles. The van der Waals surface area contributed by atoms with E-state index in [0.717, 1.165) is 0 Å². The predicted molar refractivity (Wildman–Crippen MR) is 93.3 cm³/mol. The number of carbonyl (C=O) groups excluding carboxylic acids is 3. The highest BCUT2D eigenvalue weighted by molar-refractivity contribution is 7.99. The predicted octanol–water partition coefficient (Wildman–Crippen LogP) is 2.75. The van der Waals surface area contributed by atoms with Crippen molar-refractivity contribution in [2.45, 2.75) is 16.9 Å². The van der Waals surface area contributed by atoms with Crippen molar-refractivity contribution in [3.05, 3.63) is 59.8 Å². The van der Waals surface area contributed by atoms with Crippen LogP contribution in [0.1, 0.15) is 22.0 Å². The lowest BCUT2D eigenvalue weighted by Gasteiger charge is -2.18. The van der Waals surface area contributed by atoms with E-state index in [4.69, 9.17) is 4.74 Å². The summed E-state index contributed by atoms with van der Waals surface area (Å²) in [5.41, 5.74) is 0.0932. The topological polar surface area (TPSA) is 97.4 Å². The van der Waals surface area contributed by atoms with Crippen LogP contribution < -0.4 is 10.6 Å². The molecule has 0 fully saturated rings. The zero-order valence-corrected chi connectivity index (χ0v) is 14.8. The number of rotatable bonds is 6. The van der Waals surface area contributed by atoms with Crippen molar-refractivity contribution >= 4 is 29.7 Å². The number of benzene rings is 1. The van der Waals surface area contributed by atoms with Gasteiger partial charge in [0, 0.05) is 18.8 Å². The Bertz CT molecular complexity index is 821. The highest BCUT2D eigenvalue weighted by Crippen LogP contribution is 2.28. The summed E-state index contributed by atoms with van der Waals surface area (Å²) in [6.45, 7) is 0. The average Bonchev–Trinajstić information content (AvgIpc) is 2.66. The molecule has 10 heteroatoms. The molecular weight excluding hydrogens is 380 g/mol. The number of aromatic nitrogens is 1. The van der Waals surface area contributed by atoms with Gasteiger partial charge in [0.05, 0.1) is 5.56 Å². The number of amides is 3. The van der Waals surface area contributed by atoms with Gasteiger partial charge in [-0.15, -0.1) is 0 Å². The van der Waals surface area contributed by atoms with E-state index >= 15 is 0 Å². The normalized spacial score (nSPS) is 11.6. The van der Waals surface area contributed by atoms with Crippen molar-refractivity contribution in [2.24, 2.45) is 0 Å². The van der Waals surface area contributed by atoms with Gasteiger partial charge in [0.15, 0.2) is 0 Å². The molecule has 27 heavy (non-hydrogen) atoms. The molecule has 1 atom stereocenters. The number of imide groups is 1. The van der Waals surface area contributed by atoms with E-state index in [1.807, 2.05) is 5.32 Å². The maximum absolute atomic E-state index is 12.7. The van der Waals surface area contributed by atoms with Crippen LogP contribution in [0.4, 0.5) is 13.6 Å². The van der Waals surface area contributed by atoms with E-state index in [1.165, 1.54) is 37.5 Å². The second kappa shape index (κ2) is 9.62. The van der Waals surface area contributed by atoms with E-state index in [9.17, 15) is 23.2 Å². The van der Waals surface area contributed by atoms with E-state index in [-0.39, 0.29) is 22.4 Å². The van der Waals surface area contributed by atoms with E-state index in [0.29, 0.717) is 5.56 Å². The van der Waals surface area contributed by atoms with Gasteiger partial charge in [-0.2, -0.15) is 8.78 Å². The number of pyridine rings is 1. The minimum Gasteiger partial charge on any atom is -0.444 e. The molecule has 0 saturated heterocycles. The number of nitrogens with zero attached hydrogens (tertiary/aromatic N) is 1. The van der Waals surface area contributed by atoms with Crippen molar-refractivity contribution in [1.29, 1.82) is 0 Å². The maximum atomic E-state index is 12.7. The van der Waals surface area contributed by atoms with Gasteiger partial charge < -0.3 is 10.1 Å². The summed E-state index contributed by atoms with van der Waals surface area (Å²) in [6.07, 6.45) is -0.199. The van der Waals surface area contributed by atoms with Gasteiger partial charge in [0.2, 0.25) is 6.10 Å². The van der Waals surface area contributed by atoms with Crippen LogP contribution >= 0.6 is 11.8 Å². The first kappa shape index (κ1) is 20.3. The van der Waals surface area contributed by atoms with Crippen LogP contribution in [0.3, 0.4) is 0 Å². The molecule has 3 amide bonds. The van der Waals surface area contributed by atoms with Gasteiger partial charge in [0.1, 0.15) is 5.03 Å². The van der Waals surface area contributed by atoms with Crippen LogP contribution in [-0.4, -0.2) is 35.7 Å². The molecule has 0 unspecified atom stereocenters. The van der Waals surface area contributed by atoms with Gasteiger partial charge in [0.25, 0.3) is 11.7 Å². The summed E-state index contributed by atoms with van der Waals surface area (Å²) in [4.78, 5) is 40.0. The fourth-order valence-electron chi connectivity index (χ4n) is 2.04. The maximum Gasteiger partial charge on any atom is 0.342 e. The quantitative estimate of drug-likeness (QED) is 0.577. The molecule has 0 aliphatic heterocycles. The first-order chi connectivity index (χ1) is 12.9. The number of urea groups is 1. The van der Waals surface area contributed by atoms with Crippen molar-refractivity contribution < 1.29 is 27.9 Å². The summed E-state index contributed by atoms with van der Waals surface area (Å²) < 4.78 is 30.6. The van der Waals surface area contributed by atoms with Crippen molar-refractivity contribution in [1.82, 2.24) is 15.6 Å². The Labute approximate surface area is 157 Å². The number of halogens is 2. The fourth-order valence-corrected chi connectivity index (χ4v) is 2.60. The Morgan fingerprint density at radius 2 is 1.81 bits per heavy atom. The number of nitrogens with one attached hydrogen (secondary N) is 2. The third kappa shape index (κ3) is 5.74. The third-order valence-corrected chi connectivity index (χ3v) is 3.95. The second-order valence-corrected chi connectivity index (χ2v) is 5.98. The average molecular weight is 395 g/mol. The van der Waals surface area contributed by atoms with Crippen LogP contribution in [0.25, 0.3) is 0 Å². The number of thioether (sulfide) groups is 1. The Kier molecular flexibility index (Phi) is 7.24. The smallest absolute Gasteiger partial charge is 0.342 e. The van der Waals surface area contributed by atoms with Crippen LogP contribution in [-0.2, 0) is 9.53 Å². The van der Waals surface area contributed by atoms with E-state index in [1.54, 1.807) is 18.2 Å². The first-order valence-corrected chi connectivity index (χ1v) is 8.48.